The predicted octanol–water partition coefficient (Wildman–Crippen LogP) is 2.57. The van der Waals surface area contributed by atoms with Crippen molar-refractivity contribution in [3.05, 3.63) is 47.7 Å². The van der Waals surface area contributed by atoms with Gasteiger partial charge in [-0.3, -0.25) is 5.10 Å². The highest BCUT2D eigenvalue weighted by Crippen LogP contribution is 2.27. The van der Waals surface area contributed by atoms with Gasteiger partial charge in [0.25, 0.3) is 0 Å². The number of benzene rings is 1. The molecule has 1 atom stereocenters. The van der Waals surface area contributed by atoms with Crippen molar-refractivity contribution in [2.75, 3.05) is 18.0 Å². The fraction of sp³-hybridized carbons (Fsp3) is 0.250. The van der Waals surface area contributed by atoms with Gasteiger partial charge in [0.1, 0.15) is 23.9 Å². The van der Waals surface area contributed by atoms with Crippen LogP contribution < -0.4 is 9.64 Å². The summed E-state index contributed by atoms with van der Waals surface area (Å²) >= 11 is 6.15. The standard InChI is InChI=1S/C16H15ClN6O/c17-12-3-1-2-4-14(12)24-11-7-8-23(9-11)15-6-5-13(20-21-15)16-18-10-19-22-16/h1-6,10-11H,7-9H2,(H,18,19,22)/t11-/m0/s1. The first-order valence-corrected chi connectivity index (χ1v) is 8.03. The SMILES string of the molecule is Clc1ccccc1O[C@H]1CCN(c2ccc(-c3ncn[nH]3)nn2)C1. The lowest BCUT2D eigenvalue weighted by molar-refractivity contribution is 0.225. The van der Waals surface area contributed by atoms with Gasteiger partial charge in [0, 0.05) is 13.0 Å². The first kappa shape index (κ1) is 14.9. The Kier molecular flexibility index (Phi) is 4.00. The maximum absolute atomic E-state index is 6.15. The number of anilines is 1. The summed E-state index contributed by atoms with van der Waals surface area (Å²) in [6.45, 7) is 1.62. The Morgan fingerprint density at radius 2 is 2.08 bits per heavy atom. The average Bonchev–Trinajstić information content (AvgIpc) is 3.29. The third-order valence-electron chi connectivity index (χ3n) is 3.91. The maximum atomic E-state index is 6.15. The molecule has 0 unspecified atom stereocenters. The largest absolute Gasteiger partial charge is 0.487 e. The van der Waals surface area contributed by atoms with E-state index < -0.39 is 0 Å². The van der Waals surface area contributed by atoms with Crippen LogP contribution in [0.25, 0.3) is 11.5 Å². The smallest absolute Gasteiger partial charge is 0.176 e. The molecule has 0 amide bonds. The predicted molar refractivity (Wildman–Crippen MR) is 90.1 cm³/mol. The second-order valence-corrected chi connectivity index (χ2v) is 5.92. The molecule has 1 aromatic carbocycles. The lowest BCUT2D eigenvalue weighted by Gasteiger charge is -2.18. The monoisotopic (exact) mass is 342 g/mol. The minimum absolute atomic E-state index is 0.0839. The summed E-state index contributed by atoms with van der Waals surface area (Å²) in [5.41, 5.74) is 0.666. The van der Waals surface area contributed by atoms with E-state index in [9.17, 15) is 0 Å². The number of hydrogen-bond donors (Lipinski definition) is 1. The van der Waals surface area contributed by atoms with Crippen molar-refractivity contribution in [2.45, 2.75) is 12.5 Å². The van der Waals surface area contributed by atoms with E-state index in [4.69, 9.17) is 16.3 Å². The Bertz CT molecular complexity index is 808. The molecule has 122 valence electrons. The lowest BCUT2D eigenvalue weighted by Crippen LogP contribution is -2.25. The molecule has 1 aliphatic heterocycles. The van der Waals surface area contributed by atoms with Gasteiger partial charge in [-0.25, -0.2) is 4.98 Å². The fourth-order valence-electron chi connectivity index (χ4n) is 2.70. The Morgan fingerprint density at radius 3 is 2.83 bits per heavy atom. The van der Waals surface area contributed by atoms with Crippen LogP contribution >= 0.6 is 11.6 Å². The van der Waals surface area contributed by atoms with E-state index in [1.807, 2.05) is 36.4 Å². The van der Waals surface area contributed by atoms with Crippen LogP contribution in [0.2, 0.25) is 5.02 Å². The fourth-order valence-corrected chi connectivity index (χ4v) is 2.88. The maximum Gasteiger partial charge on any atom is 0.176 e. The molecule has 24 heavy (non-hydrogen) atoms. The van der Waals surface area contributed by atoms with Gasteiger partial charge < -0.3 is 9.64 Å². The minimum Gasteiger partial charge on any atom is -0.487 e. The van der Waals surface area contributed by atoms with E-state index in [-0.39, 0.29) is 6.10 Å². The quantitative estimate of drug-likeness (QED) is 0.785. The molecule has 0 radical (unpaired) electrons. The third-order valence-corrected chi connectivity index (χ3v) is 4.22. The zero-order valence-corrected chi connectivity index (χ0v) is 13.5. The molecular weight excluding hydrogens is 328 g/mol. The number of para-hydroxylation sites is 1. The van der Waals surface area contributed by atoms with Gasteiger partial charge in [-0.2, -0.15) is 5.10 Å². The molecule has 0 spiro atoms. The molecule has 4 rings (SSSR count). The molecular formula is C16H15ClN6O. The number of aromatic amines is 1. The summed E-state index contributed by atoms with van der Waals surface area (Å²) in [5.74, 6) is 2.15. The van der Waals surface area contributed by atoms with Crippen LogP contribution in [0.3, 0.4) is 0 Å². The average molecular weight is 343 g/mol. The van der Waals surface area contributed by atoms with Gasteiger partial charge in [-0.05, 0) is 24.3 Å². The zero-order chi connectivity index (χ0) is 16.4. The molecule has 8 heteroatoms. The molecule has 7 nitrogen and oxygen atoms in total. The van der Waals surface area contributed by atoms with Crippen LogP contribution in [0.4, 0.5) is 5.82 Å². The molecule has 0 saturated carbocycles. The van der Waals surface area contributed by atoms with E-state index >= 15 is 0 Å². The van der Waals surface area contributed by atoms with Crippen LogP contribution in [0, 0.1) is 0 Å². The molecule has 3 heterocycles. The highest BCUT2D eigenvalue weighted by Gasteiger charge is 2.25. The normalized spacial score (nSPS) is 17.2. The second kappa shape index (κ2) is 6.45. The van der Waals surface area contributed by atoms with Crippen molar-refractivity contribution in [1.29, 1.82) is 0 Å². The van der Waals surface area contributed by atoms with Crippen molar-refractivity contribution in [1.82, 2.24) is 25.4 Å². The number of nitrogens with zero attached hydrogens (tertiary/aromatic N) is 5. The zero-order valence-electron chi connectivity index (χ0n) is 12.8. The molecule has 0 bridgehead atoms. The van der Waals surface area contributed by atoms with Gasteiger partial charge in [0.05, 0.1) is 11.6 Å². The number of aromatic nitrogens is 5. The summed E-state index contributed by atoms with van der Waals surface area (Å²) in [7, 11) is 0. The summed E-state index contributed by atoms with van der Waals surface area (Å²) in [6, 6.07) is 11.3. The number of H-pyrrole nitrogens is 1. The van der Waals surface area contributed by atoms with Crippen molar-refractivity contribution < 1.29 is 4.74 Å². The molecule has 0 aliphatic carbocycles. The van der Waals surface area contributed by atoms with Crippen LogP contribution in [-0.2, 0) is 0 Å². The highest BCUT2D eigenvalue weighted by molar-refractivity contribution is 6.32. The Balaban J connectivity index is 1.42. The van der Waals surface area contributed by atoms with Gasteiger partial charge in [-0.1, -0.05) is 23.7 Å². The van der Waals surface area contributed by atoms with E-state index in [0.29, 0.717) is 16.5 Å². The molecule has 1 aliphatic rings. The molecule has 1 fully saturated rings. The van der Waals surface area contributed by atoms with E-state index in [1.54, 1.807) is 0 Å². The number of rotatable bonds is 4. The van der Waals surface area contributed by atoms with Crippen molar-refractivity contribution in [3.8, 4) is 17.3 Å². The molecule has 1 N–H and O–H groups in total. The van der Waals surface area contributed by atoms with E-state index in [2.05, 4.69) is 30.3 Å². The number of ether oxygens (including phenoxy) is 1. The number of halogens is 1. The van der Waals surface area contributed by atoms with Crippen LogP contribution in [0.5, 0.6) is 5.75 Å². The van der Waals surface area contributed by atoms with Crippen molar-refractivity contribution in [3.63, 3.8) is 0 Å². The van der Waals surface area contributed by atoms with Gasteiger partial charge >= 0.3 is 0 Å². The summed E-state index contributed by atoms with van der Waals surface area (Å²) in [6.07, 6.45) is 2.44. The molecule has 3 aromatic rings. The van der Waals surface area contributed by atoms with Crippen LogP contribution in [0.1, 0.15) is 6.42 Å². The Hall–Kier alpha value is -2.67. The minimum atomic E-state index is 0.0839. The van der Waals surface area contributed by atoms with E-state index in [0.717, 1.165) is 31.1 Å². The second-order valence-electron chi connectivity index (χ2n) is 5.52. The van der Waals surface area contributed by atoms with Crippen molar-refractivity contribution in [2.24, 2.45) is 0 Å². The third kappa shape index (κ3) is 3.03. The Morgan fingerprint density at radius 1 is 1.17 bits per heavy atom. The molecule has 2 aromatic heterocycles. The van der Waals surface area contributed by atoms with Crippen LogP contribution in [-0.4, -0.2) is 44.6 Å². The van der Waals surface area contributed by atoms with E-state index in [1.165, 1.54) is 6.33 Å². The number of hydrogen-bond acceptors (Lipinski definition) is 6. The topological polar surface area (TPSA) is 79.8 Å². The lowest BCUT2D eigenvalue weighted by atomic mass is 10.3. The summed E-state index contributed by atoms with van der Waals surface area (Å²) < 4.78 is 6.00. The highest BCUT2D eigenvalue weighted by atomic mass is 35.5. The summed E-state index contributed by atoms with van der Waals surface area (Å²) in [5, 5.41) is 15.7. The van der Waals surface area contributed by atoms with Gasteiger partial charge in [0.15, 0.2) is 11.6 Å². The Labute approximate surface area is 143 Å². The van der Waals surface area contributed by atoms with Gasteiger partial charge in [0.2, 0.25) is 0 Å². The first-order valence-electron chi connectivity index (χ1n) is 7.65. The summed E-state index contributed by atoms with van der Waals surface area (Å²) in [4.78, 5) is 6.22. The van der Waals surface area contributed by atoms with Gasteiger partial charge in [-0.15, -0.1) is 10.2 Å². The van der Waals surface area contributed by atoms with Crippen LogP contribution in [0.15, 0.2) is 42.7 Å². The first-order chi connectivity index (χ1) is 11.8. The molecule has 1 saturated heterocycles. The van der Waals surface area contributed by atoms with Crippen molar-refractivity contribution >= 4 is 17.4 Å². The number of nitrogens with one attached hydrogen (secondary N) is 1.